The Morgan fingerprint density at radius 1 is 1.36 bits per heavy atom. The van der Waals surface area contributed by atoms with Gasteiger partial charge in [0.2, 0.25) is 0 Å². The molecule has 0 atom stereocenters. The smallest absolute Gasteiger partial charge is 0.407 e. The molecule has 0 radical (unpaired) electrons. The second-order valence-electron chi connectivity index (χ2n) is 5.90. The largest absolute Gasteiger partial charge is 0.444 e. The van der Waals surface area contributed by atoms with E-state index in [0.29, 0.717) is 0 Å². The highest BCUT2D eigenvalue weighted by Gasteiger charge is 2.17. The first-order valence-electron chi connectivity index (χ1n) is 6.96. The number of carbonyl (C=O) groups is 1. The molecule has 0 bridgehead atoms. The molecule has 22 heavy (non-hydrogen) atoms. The summed E-state index contributed by atoms with van der Waals surface area (Å²) in [5.74, 6) is -1.32. The number of amides is 1. The van der Waals surface area contributed by atoms with E-state index in [9.17, 15) is 13.6 Å². The van der Waals surface area contributed by atoms with Crippen LogP contribution in [-0.2, 0) is 11.2 Å². The van der Waals surface area contributed by atoms with Crippen LogP contribution >= 0.6 is 0 Å². The fourth-order valence-electron chi connectivity index (χ4n) is 2.03. The topological polar surface area (TPSA) is 51.2 Å². The zero-order valence-electron chi connectivity index (χ0n) is 12.7. The first kappa shape index (κ1) is 16.1. The van der Waals surface area contributed by atoms with Crippen LogP contribution < -0.4 is 5.32 Å². The lowest BCUT2D eigenvalue weighted by Gasteiger charge is -2.19. The second kappa shape index (κ2) is 6.25. The van der Waals surface area contributed by atoms with Gasteiger partial charge in [0.15, 0.2) is 0 Å². The van der Waals surface area contributed by atoms with Crippen LogP contribution in [0.5, 0.6) is 0 Å². The quantitative estimate of drug-likeness (QED) is 0.943. The Balaban J connectivity index is 2.07. The van der Waals surface area contributed by atoms with Crippen molar-refractivity contribution in [3.63, 3.8) is 0 Å². The fourth-order valence-corrected chi connectivity index (χ4v) is 2.03. The summed E-state index contributed by atoms with van der Waals surface area (Å²) in [7, 11) is 0. The van der Waals surface area contributed by atoms with Crippen molar-refractivity contribution in [3.05, 3.63) is 41.6 Å². The molecule has 4 nitrogen and oxygen atoms in total. The second-order valence-corrected chi connectivity index (χ2v) is 5.90. The van der Waals surface area contributed by atoms with E-state index in [1.54, 1.807) is 32.9 Å². The molecule has 0 aliphatic rings. The number of ether oxygens (including phenoxy) is 1. The van der Waals surface area contributed by atoms with E-state index in [-0.39, 0.29) is 29.4 Å². The lowest BCUT2D eigenvalue weighted by atomic mass is 10.1. The number of pyridine rings is 1. The average Bonchev–Trinajstić information content (AvgIpc) is 2.40. The number of benzene rings is 1. The Morgan fingerprint density at radius 2 is 2.09 bits per heavy atom. The van der Waals surface area contributed by atoms with Crippen molar-refractivity contribution in [2.75, 3.05) is 6.54 Å². The van der Waals surface area contributed by atoms with Gasteiger partial charge in [-0.1, -0.05) is 0 Å². The molecule has 0 spiro atoms. The van der Waals surface area contributed by atoms with Crippen molar-refractivity contribution in [1.29, 1.82) is 0 Å². The predicted molar refractivity (Wildman–Crippen MR) is 79.6 cm³/mol. The predicted octanol–water partition coefficient (Wildman–Crippen LogP) is 3.58. The summed E-state index contributed by atoms with van der Waals surface area (Å²) in [5.41, 5.74) is -0.423. The van der Waals surface area contributed by atoms with E-state index in [2.05, 4.69) is 10.3 Å². The SMILES string of the molecule is CC(C)(C)OC(=O)NCCc1c(F)cc2ncccc2c1F. The molecular weight excluding hydrogens is 290 g/mol. The fraction of sp³-hybridized carbons (Fsp3) is 0.375. The number of rotatable bonds is 3. The molecular formula is C16H18F2N2O2. The van der Waals surface area contributed by atoms with E-state index >= 15 is 0 Å². The highest BCUT2D eigenvalue weighted by atomic mass is 19.1. The molecule has 0 unspecified atom stereocenters. The van der Waals surface area contributed by atoms with Crippen LogP contribution in [0.1, 0.15) is 26.3 Å². The van der Waals surface area contributed by atoms with E-state index < -0.39 is 23.3 Å². The van der Waals surface area contributed by atoms with Gasteiger partial charge in [-0.15, -0.1) is 0 Å². The first-order valence-corrected chi connectivity index (χ1v) is 6.96. The summed E-state index contributed by atoms with van der Waals surface area (Å²) in [6.07, 6.45) is 0.892. The van der Waals surface area contributed by atoms with Crippen molar-refractivity contribution in [2.24, 2.45) is 0 Å². The average molecular weight is 308 g/mol. The molecule has 0 aliphatic heterocycles. The van der Waals surface area contributed by atoms with E-state index in [0.717, 1.165) is 0 Å². The molecule has 2 rings (SSSR count). The van der Waals surface area contributed by atoms with Gasteiger partial charge >= 0.3 is 6.09 Å². The Kier molecular flexibility index (Phi) is 4.59. The van der Waals surface area contributed by atoms with Crippen LogP contribution in [0, 0.1) is 11.6 Å². The third-order valence-electron chi connectivity index (χ3n) is 2.93. The van der Waals surface area contributed by atoms with Gasteiger partial charge in [0, 0.05) is 29.8 Å². The van der Waals surface area contributed by atoms with Crippen molar-refractivity contribution in [1.82, 2.24) is 10.3 Å². The highest BCUT2D eigenvalue weighted by Crippen LogP contribution is 2.22. The molecule has 1 N–H and O–H groups in total. The molecule has 1 amide bonds. The third kappa shape index (κ3) is 3.90. The molecule has 0 saturated heterocycles. The maximum atomic E-state index is 14.3. The van der Waals surface area contributed by atoms with Gasteiger partial charge in [-0.2, -0.15) is 0 Å². The van der Waals surface area contributed by atoms with Gasteiger partial charge in [0.05, 0.1) is 5.52 Å². The molecule has 1 aromatic heterocycles. The summed E-state index contributed by atoms with van der Waals surface area (Å²) in [6, 6.07) is 4.33. The zero-order valence-corrected chi connectivity index (χ0v) is 12.7. The summed E-state index contributed by atoms with van der Waals surface area (Å²) < 4.78 is 33.3. The number of nitrogens with one attached hydrogen (secondary N) is 1. The van der Waals surface area contributed by atoms with E-state index in [1.807, 2.05) is 0 Å². The molecule has 2 aromatic rings. The van der Waals surface area contributed by atoms with Crippen LogP contribution in [0.3, 0.4) is 0 Å². The molecule has 118 valence electrons. The molecule has 1 heterocycles. The lowest BCUT2D eigenvalue weighted by Crippen LogP contribution is -2.33. The van der Waals surface area contributed by atoms with E-state index in [4.69, 9.17) is 4.74 Å². The highest BCUT2D eigenvalue weighted by molar-refractivity contribution is 5.80. The van der Waals surface area contributed by atoms with Crippen LogP contribution in [0.4, 0.5) is 13.6 Å². The van der Waals surface area contributed by atoms with Crippen LogP contribution in [0.2, 0.25) is 0 Å². The van der Waals surface area contributed by atoms with Gasteiger partial charge in [-0.05, 0) is 39.3 Å². The number of carbonyl (C=O) groups excluding carboxylic acids is 1. The van der Waals surface area contributed by atoms with Crippen molar-refractivity contribution in [3.8, 4) is 0 Å². The Bertz CT molecular complexity index is 696. The van der Waals surface area contributed by atoms with Gasteiger partial charge in [0.25, 0.3) is 0 Å². The lowest BCUT2D eigenvalue weighted by molar-refractivity contribution is 0.0528. The Morgan fingerprint density at radius 3 is 2.77 bits per heavy atom. The molecule has 6 heteroatoms. The standard InChI is InChI=1S/C16H18F2N2O2/c1-16(2,3)22-15(21)20-8-6-10-12(17)9-13-11(14(10)18)5-4-7-19-13/h4-5,7,9H,6,8H2,1-3H3,(H,20,21). The Labute approximate surface area is 127 Å². The number of fused-ring (bicyclic) bond motifs is 1. The minimum atomic E-state index is -0.672. The molecule has 0 fully saturated rings. The van der Waals surface area contributed by atoms with Crippen molar-refractivity contribution < 1.29 is 18.3 Å². The number of hydrogen-bond acceptors (Lipinski definition) is 3. The number of aromatic nitrogens is 1. The maximum Gasteiger partial charge on any atom is 0.407 e. The van der Waals surface area contributed by atoms with Crippen LogP contribution in [-0.4, -0.2) is 23.2 Å². The van der Waals surface area contributed by atoms with Gasteiger partial charge in [-0.3, -0.25) is 4.98 Å². The van der Waals surface area contributed by atoms with Crippen molar-refractivity contribution in [2.45, 2.75) is 32.8 Å². The molecule has 0 aliphatic carbocycles. The monoisotopic (exact) mass is 308 g/mol. The van der Waals surface area contributed by atoms with Gasteiger partial charge in [0.1, 0.15) is 17.2 Å². The van der Waals surface area contributed by atoms with E-state index in [1.165, 1.54) is 12.3 Å². The minimum Gasteiger partial charge on any atom is -0.444 e. The van der Waals surface area contributed by atoms with Crippen LogP contribution in [0.25, 0.3) is 10.9 Å². The molecule has 1 aromatic carbocycles. The summed E-state index contributed by atoms with van der Waals surface area (Å²) in [5, 5.41) is 2.74. The molecule has 0 saturated carbocycles. The van der Waals surface area contributed by atoms with Crippen LogP contribution in [0.15, 0.2) is 24.4 Å². The minimum absolute atomic E-state index is 0.0295. The van der Waals surface area contributed by atoms with Gasteiger partial charge < -0.3 is 10.1 Å². The maximum absolute atomic E-state index is 14.3. The summed E-state index contributed by atoms with van der Waals surface area (Å²) >= 11 is 0. The number of halogens is 2. The third-order valence-corrected chi connectivity index (χ3v) is 2.93. The van der Waals surface area contributed by atoms with Gasteiger partial charge in [-0.25, -0.2) is 13.6 Å². The van der Waals surface area contributed by atoms with Crippen molar-refractivity contribution >= 4 is 17.0 Å². The number of nitrogens with zero attached hydrogens (tertiary/aromatic N) is 1. The normalized spacial score (nSPS) is 11.5. The Hall–Kier alpha value is -2.24. The zero-order chi connectivity index (χ0) is 16.3. The number of hydrogen-bond donors (Lipinski definition) is 1. The number of alkyl carbamates (subject to hydrolysis) is 1. The first-order chi connectivity index (χ1) is 10.3. The summed E-state index contributed by atoms with van der Waals surface area (Å²) in [4.78, 5) is 15.4. The summed E-state index contributed by atoms with van der Waals surface area (Å²) in [6.45, 7) is 5.29.